The SMILES string of the molecule is COCCO[C@@H]1CCN(C(=O)c2ccc(Nc3cc(Oc4cnc(C#N)cc4C)nc4c3ncn4C)nc2)C1. The van der Waals surface area contributed by atoms with Crippen LogP contribution in [0.1, 0.15) is 28.0 Å². The molecule has 5 rings (SSSR count). The largest absolute Gasteiger partial charge is 0.437 e. The molecule has 4 aromatic rings. The lowest BCUT2D eigenvalue weighted by atomic mass is 10.2. The fourth-order valence-corrected chi connectivity index (χ4v) is 4.31. The van der Waals surface area contributed by atoms with Crippen molar-refractivity contribution in [2.24, 2.45) is 7.05 Å². The number of carbonyl (C=O) groups excluding carboxylic acids is 1. The zero-order valence-electron chi connectivity index (χ0n) is 21.9. The Labute approximate surface area is 225 Å². The number of amides is 1. The number of pyridine rings is 3. The summed E-state index contributed by atoms with van der Waals surface area (Å²) in [6.07, 6.45) is 5.54. The number of aromatic nitrogens is 5. The summed E-state index contributed by atoms with van der Waals surface area (Å²) < 4.78 is 18.6. The average Bonchev–Trinajstić information content (AvgIpc) is 3.57. The molecule has 1 aliphatic heterocycles. The van der Waals surface area contributed by atoms with Gasteiger partial charge in [0.15, 0.2) is 11.4 Å². The van der Waals surface area contributed by atoms with Gasteiger partial charge >= 0.3 is 0 Å². The van der Waals surface area contributed by atoms with Crippen LogP contribution in [0, 0.1) is 18.3 Å². The number of nitriles is 1. The summed E-state index contributed by atoms with van der Waals surface area (Å²) >= 11 is 0. The number of aryl methyl sites for hydroxylation is 2. The maximum Gasteiger partial charge on any atom is 0.255 e. The second-order valence-electron chi connectivity index (χ2n) is 9.17. The number of hydrogen-bond acceptors (Lipinski definition) is 10. The minimum absolute atomic E-state index is 0.0192. The van der Waals surface area contributed by atoms with Gasteiger partial charge in [0.05, 0.1) is 43.1 Å². The first kappa shape index (κ1) is 26.0. The molecule has 1 N–H and O–H groups in total. The molecule has 39 heavy (non-hydrogen) atoms. The maximum absolute atomic E-state index is 13.0. The number of imidazole rings is 1. The van der Waals surface area contributed by atoms with Gasteiger partial charge in [0, 0.05) is 39.5 Å². The van der Waals surface area contributed by atoms with Gasteiger partial charge in [0.25, 0.3) is 5.91 Å². The summed E-state index contributed by atoms with van der Waals surface area (Å²) in [6.45, 7) is 4.07. The van der Waals surface area contributed by atoms with Gasteiger partial charge in [-0.2, -0.15) is 10.2 Å². The van der Waals surface area contributed by atoms with Gasteiger partial charge in [0.2, 0.25) is 5.88 Å². The van der Waals surface area contributed by atoms with Crippen molar-refractivity contribution in [2.75, 3.05) is 38.7 Å². The van der Waals surface area contributed by atoms with Crippen LogP contribution >= 0.6 is 0 Å². The summed E-state index contributed by atoms with van der Waals surface area (Å²) in [5.41, 5.74) is 3.46. The maximum atomic E-state index is 13.0. The molecule has 1 fully saturated rings. The van der Waals surface area contributed by atoms with Gasteiger partial charge in [-0.05, 0) is 37.1 Å². The first-order chi connectivity index (χ1) is 18.9. The number of rotatable bonds is 9. The molecule has 12 heteroatoms. The van der Waals surface area contributed by atoms with E-state index in [1.807, 2.05) is 20.0 Å². The Morgan fingerprint density at radius 3 is 2.82 bits per heavy atom. The van der Waals surface area contributed by atoms with E-state index in [9.17, 15) is 4.79 Å². The molecule has 12 nitrogen and oxygen atoms in total. The Morgan fingerprint density at radius 2 is 2.08 bits per heavy atom. The predicted octanol–water partition coefficient (Wildman–Crippen LogP) is 3.35. The molecule has 0 spiro atoms. The number of hydrogen-bond donors (Lipinski definition) is 1. The lowest BCUT2D eigenvalue weighted by Gasteiger charge is -2.17. The Kier molecular flexibility index (Phi) is 7.62. The van der Waals surface area contributed by atoms with E-state index in [-0.39, 0.29) is 12.0 Å². The monoisotopic (exact) mass is 528 g/mol. The lowest BCUT2D eigenvalue weighted by molar-refractivity contribution is 0.0218. The topological polar surface area (TPSA) is 140 Å². The van der Waals surface area contributed by atoms with Crippen LogP contribution in [-0.2, 0) is 16.5 Å². The molecule has 1 aliphatic rings. The number of anilines is 2. The number of nitrogens with zero attached hydrogens (tertiary/aromatic N) is 7. The average molecular weight is 529 g/mol. The molecule has 0 aromatic carbocycles. The van der Waals surface area contributed by atoms with Crippen LogP contribution < -0.4 is 10.1 Å². The third-order valence-electron chi connectivity index (χ3n) is 6.38. The van der Waals surface area contributed by atoms with E-state index in [0.717, 1.165) is 12.0 Å². The second-order valence-corrected chi connectivity index (χ2v) is 9.17. The lowest BCUT2D eigenvalue weighted by Crippen LogP contribution is -2.30. The van der Waals surface area contributed by atoms with Gasteiger partial charge in [-0.1, -0.05) is 0 Å². The molecule has 0 saturated carbocycles. The summed E-state index contributed by atoms with van der Waals surface area (Å²) in [6, 6.07) is 8.89. The Hall–Kier alpha value is -4.60. The smallest absolute Gasteiger partial charge is 0.255 e. The van der Waals surface area contributed by atoms with Crippen LogP contribution in [0.25, 0.3) is 11.2 Å². The van der Waals surface area contributed by atoms with Gasteiger partial charge in [-0.3, -0.25) is 4.79 Å². The van der Waals surface area contributed by atoms with Crippen LogP contribution in [0.4, 0.5) is 11.5 Å². The molecular weight excluding hydrogens is 500 g/mol. The third-order valence-corrected chi connectivity index (χ3v) is 6.38. The first-order valence-corrected chi connectivity index (χ1v) is 12.4. The molecule has 5 heterocycles. The van der Waals surface area contributed by atoms with Crippen molar-refractivity contribution in [3.8, 4) is 17.7 Å². The summed E-state index contributed by atoms with van der Waals surface area (Å²) in [5, 5.41) is 12.3. The highest BCUT2D eigenvalue weighted by Gasteiger charge is 2.27. The minimum atomic E-state index is -0.0787. The van der Waals surface area contributed by atoms with Gasteiger partial charge in [-0.15, -0.1) is 0 Å². The Bertz CT molecular complexity index is 1530. The van der Waals surface area contributed by atoms with Gasteiger partial charge in [-0.25, -0.2) is 15.0 Å². The molecule has 0 radical (unpaired) electrons. The van der Waals surface area contributed by atoms with Crippen LogP contribution in [0.2, 0.25) is 0 Å². The summed E-state index contributed by atoms with van der Waals surface area (Å²) in [5.74, 6) is 1.27. The van der Waals surface area contributed by atoms with E-state index in [1.54, 1.807) is 53.4 Å². The number of fused-ring (bicyclic) bond motifs is 1. The van der Waals surface area contributed by atoms with Crippen LogP contribution in [0.5, 0.6) is 11.6 Å². The highest BCUT2D eigenvalue weighted by Crippen LogP contribution is 2.31. The Balaban J connectivity index is 1.31. The standard InChI is InChI=1S/C27H28N8O4/c1-17-10-19(12-28)29-14-22(17)39-24-11-21(25-26(33-24)34(2)16-31-25)32-23-5-4-18(13-30-23)27(36)35-7-6-20(15-35)38-9-8-37-3/h4-5,10-11,13-14,16,20H,6-9,15H2,1-3H3,(H,30,32,33)/t20-/m1/s1. The molecule has 0 bridgehead atoms. The molecule has 1 atom stereocenters. The molecule has 1 saturated heterocycles. The van der Waals surface area contributed by atoms with E-state index in [4.69, 9.17) is 19.5 Å². The van der Waals surface area contributed by atoms with E-state index in [1.165, 1.54) is 6.20 Å². The first-order valence-electron chi connectivity index (χ1n) is 12.4. The quantitative estimate of drug-likeness (QED) is 0.322. The van der Waals surface area contributed by atoms with E-state index in [2.05, 4.69) is 25.3 Å². The van der Waals surface area contributed by atoms with Crippen molar-refractivity contribution in [3.63, 3.8) is 0 Å². The van der Waals surface area contributed by atoms with Crippen molar-refractivity contribution in [3.05, 3.63) is 59.8 Å². The second kappa shape index (κ2) is 11.4. The molecule has 4 aromatic heterocycles. The highest BCUT2D eigenvalue weighted by molar-refractivity contribution is 5.94. The van der Waals surface area contributed by atoms with Gasteiger partial charge < -0.3 is 29.0 Å². The highest BCUT2D eigenvalue weighted by atomic mass is 16.5. The number of carbonyl (C=O) groups is 1. The fourth-order valence-electron chi connectivity index (χ4n) is 4.31. The van der Waals surface area contributed by atoms with Gasteiger partial charge in [0.1, 0.15) is 23.1 Å². The number of nitrogens with one attached hydrogen (secondary N) is 1. The number of methoxy groups -OCH3 is 1. The van der Waals surface area contributed by atoms with E-state index in [0.29, 0.717) is 71.9 Å². The van der Waals surface area contributed by atoms with Crippen molar-refractivity contribution in [1.29, 1.82) is 5.26 Å². The molecule has 0 aliphatic carbocycles. The number of likely N-dealkylation sites (tertiary alicyclic amines) is 1. The van der Waals surface area contributed by atoms with Crippen LogP contribution in [0.3, 0.4) is 0 Å². The minimum Gasteiger partial charge on any atom is -0.437 e. The van der Waals surface area contributed by atoms with Crippen molar-refractivity contribution in [1.82, 2.24) is 29.4 Å². The van der Waals surface area contributed by atoms with E-state index < -0.39 is 0 Å². The predicted molar refractivity (Wildman–Crippen MR) is 142 cm³/mol. The summed E-state index contributed by atoms with van der Waals surface area (Å²) in [7, 11) is 3.48. The van der Waals surface area contributed by atoms with Crippen molar-refractivity contribution >= 4 is 28.6 Å². The normalized spacial score (nSPS) is 14.9. The summed E-state index contributed by atoms with van der Waals surface area (Å²) in [4.78, 5) is 32.4. The molecule has 0 unspecified atom stereocenters. The molecule has 200 valence electrons. The molecular formula is C27H28N8O4. The third kappa shape index (κ3) is 5.79. The molecule has 1 amide bonds. The van der Waals surface area contributed by atoms with Crippen LogP contribution in [-0.4, -0.2) is 74.8 Å². The zero-order chi connectivity index (χ0) is 27.4. The zero-order valence-corrected chi connectivity index (χ0v) is 21.9. The fraction of sp³-hybridized carbons (Fsp3) is 0.333. The number of ether oxygens (including phenoxy) is 3. The van der Waals surface area contributed by atoms with Crippen molar-refractivity contribution in [2.45, 2.75) is 19.4 Å². The van der Waals surface area contributed by atoms with Crippen molar-refractivity contribution < 1.29 is 19.0 Å². The van der Waals surface area contributed by atoms with Crippen LogP contribution in [0.15, 0.2) is 43.0 Å². The Morgan fingerprint density at radius 1 is 1.21 bits per heavy atom. The van der Waals surface area contributed by atoms with E-state index >= 15 is 0 Å².